The molecule has 1 aliphatic rings. The lowest BCUT2D eigenvalue weighted by Gasteiger charge is -2.33. The van der Waals surface area contributed by atoms with Gasteiger partial charge in [-0.25, -0.2) is 22.8 Å². The van der Waals surface area contributed by atoms with E-state index < -0.39 is 20.7 Å². The standard InChI is InChI=1S/C31H38FN7O3S/c1-18(2)39-29-21(17-33-31(36-29)35-22-10-12-23(13-11-22)38(5)6)16-25(30(39)40)24-14-15-27(34-20(24)4)37-43(41,42)26-9-7-8-19(3)28(26)32/h7-9,14-18,22-23H,10-13H2,1-6H3,(H,34,37)(H,33,35,36). The zero-order valence-electron chi connectivity index (χ0n) is 25.3. The molecule has 5 rings (SSSR count). The van der Waals surface area contributed by atoms with Gasteiger partial charge >= 0.3 is 0 Å². The number of sulfonamides is 1. The minimum Gasteiger partial charge on any atom is -0.351 e. The molecule has 3 heterocycles. The Bertz CT molecular complexity index is 1830. The topological polar surface area (TPSA) is 122 Å². The number of aromatic nitrogens is 4. The normalized spacial score (nSPS) is 17.5. The second kappa shape index (κ2) is 12.0. The summed E-state index contributed by atoms with van der Waals surface area (Å²) >= 11 is 0. The SMILES string of the molecule is Cc1cccc(S(=O)(=O)Nc2ccc(-c3cc4cnc(NC5CCC(N(C)C)CC5)nc4n(C(C)C)c3=O)c(C)n2)c1F. The fourth-order valence-electron chi connectivity index (χ4n) is 5.70. The van der Waals surface area contributed by atoms with Gasteiger partial charge in [-0.3, -0.25) is 14.1 Å². The average Bonchev–Trinajstić information content (AvgIpc) is 2.94. The second-order valence-electron chi connectivity index (χ2n) is 11.7. The molecule has 0 radical (unpaired) electrons. The molecule has 12 heteroatoms. The Labute approximate surface area is 251 Å². The summed E-state index contributed by atoms with van der Waals surface area (Å²) in [5.74, 6) is -0.293. The molecule has 0 amide bonds. The predicted octanol–water partition coefficient (Wildman–Crippen LogP) is 5.28. The van der Waals surface area contributed by atoms with E-state index in [1.807, 2.05) is 13.8 Å². The molecular formula is C31H38FN7O3S. The van der Waals surface area contributed by atoms with Gasteiger partial charge in [0, 0.05) is 46.5 Å². The largest absolute Gasteiger partial charge is 0.351 e. The molecule has 4 aromatic rings. The van der Waals surface area contributed by atoms with Gasteiger partial charge in [-0.2, -0.15) is 4.98 Å². The number of halogens is 1. The lowest BCUT2D eigenvalue weighted by Crippen LogP contribution is -2.36. The van der Waals surface area contributed by atoms with Crippen LogP contribution >= 0.6 is 0 Å². The van der Waals surface area contributed by atoms with Crippen LogP contribution in [0, 0.1) is 19.7 Å². The smallest absolute Gasteiger partial charge is 0.265 e. The lowest BCUT2D eigenvalue weighted by atomic mass is 9.91. The summed E-state index contributed by atoms with van der Waals surface area (Å²) in [4.78, 5) is 29.4. The highest BCUT2D eigenvalue weighted by Gasteiger charge is 2.24. The van der Waals surface area contributed by atoms with Gasteiger partial charge in [0.25, 0.3) is 15.6 Å². The van der Waals surface area contributed by atoms with E-state index in [4.69, 9.17) is 4.98 Å². The van der Waals surface area contributed by atoms with Crippen molar-refractivity contribution >= 4 is 32.8 Å². The number of hydrogen-bond acceptors (Lipinski definition) is 8. The third-order valence-electron chi connectivity index (χ3n) is 8.11. The van der Waals surface area contributed by atoms with E-state index in [0.717, 1.165) is 25.7 Å². The highest BCUT2D eigenvalue weighted by atomic mass is 32.2. The van der Waals surface area contributed by atoms with Crippen LogP contribution in [0.1, 0.15) is 56.8 Å². The summed E-state index contributed by atoms with van der Waals surface area (Å²) in [6.45, 7) is 7.04. The summed E-state index contributed by atoms with van der Waals surface area (Å²) in [5.41, 5.74) is 1.91. The van der Waals surface area contributed by atoms with Gasteiger partial charge < -0.3 is 10.2 Å². The third-order valence-corrected chi connectivity index (χ3v) is 9.48. The Kier molecular flexibility index (Phi) is 8.53. The van der Waals surface area contributed by atoms with Crippen molar-refractivity contribution in [3.05, 3.63) is 70.0 Å². The highest BCUT2D eigenvalue weighted by molar-refractivity contribution is 7.92. The van der Waals surface area contributed by atoms with E-state index in [-0.39, 0.29) is 29.0 Å². The van der Waals surface area contributed by atoms with Crippen molar-refractivity contribution in [1.82, 2.24) is 24.4 Å². The van der Waals surface area contributed by atoms with Crippen molar-refractivity contribution in [2.24, 2.45) is 0 Å². The van der Waals surface area contributed by atoms with Gasteiger partial charge in [-0.05, 0) is 97.3 Å². The fraction of sp³-hybridized carbons (Fsp3) is 0.419. The monoisotopic (exact) mass is 607 g/mol. The molecule has 1 fully saturated rings. The summed E-state index contributed by atoms with van der Waals surface area (Å²) in [6, 6.07) is 9.71. The molecule has 1 aromatic carbocycles. The van der Waals surface area contributed by atoms with Crippen LogP contribution in [-0.2, 0) is 10.0 Å². The van der Waals surface area contributed by atoms with Crippen LogP contribution in [0.3, 0.4) is 0 Å². The summed E-state index contributed by atoms with van der Waals surface area (Å²) in [7, 11) is 0.0199. The summed E-state index contributed by atoms with van der Waals surface area (Å²) < 4.78 is 44.3. The van der Waals surface area contributed by atoms with Gasteiger partial charge in [-0.1, -0.05) is 12.1 Å². The summed E-state index contributed by atoms with van der Waals surface area (Å²) in [6.07, 6.45) is 5.99. The van der Waals surface area contributed by atoms with Gasteiger partial charge in [0.15, 0.2) is 0 Å². The Morgan fingerprint density at radius 3 is 2.40 bits per heavy atom. The van der Waals surface area contributed by atoms with Crippen LogP contribution in [0.5, 0.6) is 0 Å². The predicted molar refractivity (Wildman–Crippen MR) is 167 cm³/mol. The van der Waals surface area contributed by atoms with Gasteiger partial charge in [0.1, 0.15) is 22.2 Å². The minimum absolute atomic E-state index is 0.0193. The quantitative estimate of drug-likeness (QED) is 0.278. The van der Waals surface area contributed by atoms with Crippen LogP contribution in [0.25, 0.3) is 22.2 Å². The lowest BCUT2D eigenvalue weighted by molar-refractivity contribution is 0.221. The minimum atomic E-state index is -4.22. The van der Waals surface area contributed by atoms with Crippen LogP contribution in [0.2, 0.25) is 0 Å². The molecule has 0 spiro atoms. The molecule has 2 N–H and O–H groups in total. The van der Waals surface area contributed by atoms with Crippen molar-refractivity contribution < 1.29 is 12.8 Å². The number of nitrogens with zero attached hydrogens (tertiary/aromatic N) is 5. The zero-order valence-corrected chi connectivity index (χ0v) is 26.2. The molecule has 0 atom stereocenters. The number of rotatable bonds is 8. The third kappa shape index (κ3) is 6.25. The van der Waals surface area contributed by atoms with E-state index in [1.165, 1.54) is 31.2 Å². The molecule has 228 valence electrons. The van der Waals surface area contributed by atoms with E-state index in [0.29, 0.717) is 39.8 Å². The zero-order chi connectivity index (χ0) is 31.1. The Morgan fingerprint density at radius 1 is 1.02 bits per heavy atom. The molecule has 1 aliphatic carbocycles. The average molecular weight is 608 g/mol. The van der Waals surface area contributed by atoms with Crippen LogP contribution in [-0.4, -0.2) is 59.0 Å². The van der Waals surface area contributed by atoms with E-state index >= 15 is 0 Å². The van der Waals surface area contributed by atoms with Gasteiger partial charge in [0.2, 0.25) is 5.95 Å². The van der Waals surface area contributed by atoms with E-state index in [1.54, 1.807) is 29.8 Å². The number of anilines is 2. The fourth-order valence-corrected chi connectivity index (χ4v) is 6.86. The molecule has 0 saturated heterocycles. The molecule has 43 heavy (non-hydrogen) atoms. The van der Waals surface area contributed by atoms with Gasteiger partial charge in [0.05, 0.1) is 0 Å². The molecule has 10 nitrogen and oxygen atoms in total. The van der Waals surface area contributed by atoms with Crippen LogP contribution < -0.4 is 15.6 Å². The highest BCUT2D eigenvalue weighted by Crippen LogP contribution is 2.28. The van der Waals surface area contributed by atoms with Crippen molar-refractivity contribution in [2.45, 2.75) is 76.4 Å². The van der Waals surface area contributed by atoms with Crippen LogP contribution in [0.15, 0.2) is 52.3 Å². The van der Waals surface area contributed by atoms with Crippen molar-refractivity contribution in [1.29, 1.82) is 0 Å². The maximum Gasteiger partial charge on any atom is 0.265 e. The molecule has 0 aliphatic heterocycles. The Hall–Kier alpha value is -3.90. The number of hydrogen-bond donors (Lipinski definition) is 2. The first-order chi connectivity index (χ1) is 20.4. The van der Waals surface area contributed by atoms with E-state index in [2.05, 4.69) is 39.0 Å². The Balaban J connectivity index is 1.45. The molecule has 3 aromatic heterocycles. The first-order valence-corrected chi connectivity index (χ1v) is 15.9. The first kappa shape index (κ1) is 30.6. The number of benzene rings is 1. The second-order valence-corrected chi connectivity index (χ2v) is 13.4. The Morgan fingerprint density at radius 2 is 1.74 bits per heavy atom. The molecular weight excluding hydrogens is 569 g/mol. The number of aryl methyl sites for hydroxylation is 2. The van der Waals surface area contributed by atoms with Crippen molar-refractivity contribution in [3.8, 4) is 11.1 Å². The van der Waals surface area contributed by atoms with Crippen LogP contribution in [0.4, 0.5) is 16.2 Å². The summed E-state index contributed by atoms with van der Waals surface area (Å²) in [5, 5.41) is 4.17. The van der Waals surface area contributed by atoms with Crippen molar-refractivity contribution in [3.63, 3.8) is 0 Å². The molecule has 0 bridgehead atoms. The number of nitrogens with one attached hydrogen (secondary N) is 2. The molecule has 1 saturated carbocycles. The van der Waals surface area contributed by atoms with Gasteiger partial charge in [-0.15, -0.1) is 0 Å². The number of fused-ring (bicyclic) bond motifs is 1. The number of pyridine rings is 2. The maximum atomic E-state index is 14.5. The maximum absolute atomic E-state index is 14.5. The van der Waals surface area contributed by atoms with Crippen molar-refractivity contribution in [2.75, 3.05) is 24.1 Å². The van der Waals surface area contributed by atoms with E-state index in [9.17, 15) is 17.6 Å². The molecule has 0 unspecified atom stereocenters. The first-order valence-electron chi connectivity index (χ1n) is 14.5.